The van der Waals surface area contributed by atoms with Crippen LogP contribution < -0.4 is 11.1 Å². The Balaban J connectivity index is 2.37. The minimum absolute atomic E-state index is 0.346. The number of carbonyl (C=O) groups is 1. The predicted molar refractivity (Wildman–Crippen MR) is 64.5 cm³/mol. The number of carbonyl (C=O) groups excluding carboxylic acids is 1. The van der Waals surface area contributed by atoms with Crippen LogP contribution in [0.3, 0.4) is 0 Å². The highest BCUT2D eigenvalue weighted by atomic mass is 79.9. The Bertz CT molecular complexity index is 413. The number of rotatable bonds is 2. The van der Waals surface area contributed by atoms with Gasteiger partial charge in [-0.15, -0.1) is 0 Å². The summed E-state index contributed by atoms with van der Waals surface area (Å²) in [4.78, 5) is 10.9. The second kappa shape index (κ2) is 3.85. The molecule has 1 radical (unpaired) electrons. The Morgan fingerprint density at radius 1 is 1.53 bits per heavy atom. The molecule has 3 N–H and O–H groups in total. The van der Waals surface area contributed by atoms with Gasteiger partial charge < -0.3 is 11.1 Å². The maximum Gasteiger partial charge on any atom is 0.224 e. The van der Waals surface area contributed by atoms with E-state index < -0.39 is 0 Å². The lowest BCUT2D eigenvalue weighted by atomic mass is 10.1. The standard InChI is InChI=1S/C11H12BrN2O/c1-6(15)14-10-5-8(7-2-3-7)4-9(12)11(10)13/h4-5,7H,1-3,13H2,(H,14,15). The Labute approximate surface area is 97.2 Å². The number of hydrogen-bond donors (Lipinski definition) is 2. The summed E-state index contributed by atoms with van der Waals surface area (Å²) in [5.74, 6) is 0.281. The van der Waals surface area contributed by atoms with Gasteiger partial charge in [-0.1, -0.05) is 0 Å². The van der Waals surface area contributed by atoms with Gasteiger partial charge in [0, 0.05) is 11.4 Å². The third kappa shape index (κ3) is 2.31. The molecule has 1 aliphatic carbocycles. The molecule has 2 rings (SSSR count). The van der Waals surface area contributed by atoms with E-state index in [-0.39, 0.29) is 5.91 Å². The summed E-state index contributed by atoms with van der Waals surface area (Å²) in [6.07, 6.45) is 2.43. The van der Waals surface area contributed by atoms with Crippen molar-refractivity contribution < 1.29 is 4.79 Å². The molecule has 1 aliphatic rings. The van der Waals surface area contributed by atoms with Crippen LogP contribution in [0.5, 0.6) is 0 Å². The van der Waals surface area contributed by atoms with Gasteiger partial charge in [0.1, 0.15) is 0 Å². The third-order valence-electron chi connectivity index (χ3n) is 2.47. The second-order valence-electron chi connectivity index (χ2n) is 3.79. The van der Waals surface area contributed by atoms with Crippen LogP contribution in [0.15, 0.2) is 16.6 Å². The topological polar surface area (TPSA) is 55.1 Å². The SMILES string of the molecule is [CH2]C(=O)Nc1cc(C2CC2)cc(Br)c1N. The quantitative estimate of drug-likeness (QED) is 0.810. The summed E-state index contributed by atoms with van der Waals surface area (Å²) >= 11 is 3.39. The molecule has 1 aromatic rings. The van der Waals surface area contributed by atoms with Crippen LogP contribution in [0, 0.1) is 6.92 Å². The Morgan fingerprint density at radius 3 is 2.73 bits per heavy atom. The summed E-state index contributed by atoms with van der Waals surface area (Å²) in [6, 6.07) is 3.95. The van der Waals surface area contributed by atoms with Crippen LogP contribution in [0.1, 0.15) is 24.3 Å². The highest BCUT2D eigenvalue weighted by Gasteiger charge is 2.25. The molecule has 0 unspecified atom stereocenters. The number of halogens is 1. The number of nitrogen functional groups attached to an aromatic ring is 1. The zero-order chi connectivity index (χ0) is 11.0. The van der Waals surface area contributed by atoms with Crippen LogP contribution in [-0.4, -0.2) is 5.91 Å². The minimum Gasteiger partial charge on any atom is -0.396 e. The Kier molecular flexibility index (Phi) is 2.69. The molecule has 0 saturated heterocycles. The lowest BCUT2D eigenvalue weighted by Crippen LogP contribution is -2.09. The van der Waals surface area contributed by atoms with E-state index in [1.807, 2.05) is 12.1 Å². The van der Waals surface area contributed by atoms with Gasteiger partial charge in [0.2, 0.25) is 5.91 Å². The minimum atomic E-state index is -0.346. The average Bonchev–Trinajstić information content (AvgIpc) is 2.94. The van der Waals surface area contributed by atoms with Gasteiger partial charge in [0.15, 0.2) is 0 Å². The largest absolute Gasteiger partial charge is 0.396 e. The normalized spacial score (nSPS) is 15.1. The number of amides is 1. The first-order valence-corrected chi connectivity index (χ1v) is 5.59. The molecule has 0 heterocycles. The number of nitrogens with two attached hydrogens (primary N) is 1. The van der Waals surface area contributed by atoms with E-state index in [4.69, 9.17) is 5.73 Å². The first-order valence-electron chi connectivity index (χ1n) is 4.80. The summed E-state index contributed by atoms with van der Waals surface area (Å²) in [6.45, 7) is 3.27. The molecule has 1 amide bonds. The van der Waals surface area contributed by atoms with Crippen molar-refractivity contribution in [1.29, 1.82) is 0 Å². The van der Waals surface area contributed by atoms with Gasteiger partial charge in [-0.05, 0) is 52.4 Å². The highest BCUT2D eigenvalue weighted by molar-refractivity contribution is 9.10. The number of benzene rings is 1. The monoisotopic (exact) mass is 267 g/mol. The fraction of sp³-hybridized carbons (Fsp3) is 0.273. The van der Waals surface area contributed by atoms with Crippen molar-refractivity contribution in [3.8, 4) is 0 Å². The molecule has 0 spiro atoms. The second-order valence-corrected chi connectivity index (χ2v) is 4.64. The molecule has 0 bridgehead atoms. The molecular weight excluding hydrogens is 256 g/mol. The smallest absolute Gasteiger partial charge is 0.224 e. The molecule has 3 nitrogen and oxygen atoms in total. The molecule has 0 aliphatic heterocycles. The number of hydrogen-bond acceptors (Lipinski definition) is 2. The number of nitrogens with one attached hydrogen (secondary N) is 1. The summed E-state index contributed by atoms with van der Waals surface area (Å²) in [7, 11) is 0. The van der Waals surface area contributed by atoms with Crippen molar-refractivity contribution in [2.24, 2.45) is 0 Å². The van der Waals surface area contributed by atoms with Crippen LogP contribution in [0.2, 0.25) is 0 Å². The molecule has 0 atom stereocenters. The van der Waals surface area contributed by atoms with Gasteiger partial charge in [0.25, 0.3) is 0 Å². The van der Waals surface area contributed by atoms with Gasteiger partial charge in [-0.3, -0.25) is 4.79 Å². The van der Waals surface area contributed by atoms with Crippen LogP contribution in [0.25, 0.3) is 0 Å². The third-order valence-corrected chi connectivity index (χ3v) is 3.13. The highest BCUT2D eigenvalue weighted by Crippen LogP contribution is 2.43. The van der Waals surface area contributed by atoms with Gasteiger partial charge in [-0.2, -0.15) is 0 Å². The summed E-state index contributed by atoms with van der Waals surface area (Å²) < 4.78 is 0.829. The van der Waals surface area contributed by atoms with Gasteiger partial charge >= 0.3 is 0 Å². The van der Waals surface area contributed by atoms with Crippen LogP contribution in [-0.2, 0) is 4.79 Å². The zero-order valence-electron chi connectivity index (χ0n) is 8.22. The Morgan fingerprint density at radius 2 is 2.20 bits per heavy atom. The van der Waals surface area contributed by atoms with E-state index in [0.29, 0.717) is 17.3 Å². The molecule has 15 heavy (non-hydrogen) atoms. The van der Waals surface area contributed by atoms with Crippen molar-refractivity contribution >= 4 is 33.2 Å². The lowest BCUT2D eigenvalue weighted by Gasteiger charge is -2.10. The van der Waals surface area contributed by atoms with E-state index in [2.05, 4.69) is 28.2 Å². The first-order chi connectivity index (χ1) is 7.08. The van der Waals surface area contributed by atoms with Crippen molar-refractivity contribution in [3.63, 3.8) is 0 Å². The maximum absolute atomic E-state index is 10.9. The molecule has 1 fully saturated rings. The molecule has 1 saturated carbocycles. The molecule has 79 valence electrons. The summed E-state index contributed by atoms with van der Waals surface area (Å²) in [5.41, 5.74) is 8.25. The fourth-order valence-electron chi connectivity index (χ4n) is 1.54. The van der Waals surface area contributed by atoms with Crippen molar-refractivity contribution in [1.82, 2.24) is 0 Å². The van der Waals surface area contributed by atoms with Gasteiger partial charge in [-0.25, -0.2) is 0 Å². The zero-order valence-corrected chi connectivity index (χ0v) is 9.80. The van der Waals surface area contributed by atoms with E-state index in [0.717, 1.165) is 4.47 Å². The van der Waals surface area contributed by atoms with E-state index >= 15 is 0 Å². The average molecular weight is 268 g/mol. The fourth-order valence-corrected chi connectivity index (χ4v) is 2.02. The lowest BCUT2D eigenvalue weighted by molar-refractivity contribution is -0.112. The summed E-state index contributed by atoms with van der Waals surface area (Å²) in [5, 5.41) is 2.63. The van der Waals surface area contributed by atoms with Crippen molar-refractivity contribution in [2.75, 3.05) is 11.1 Å². The molecule has 4 heteroatoms. The van der Waals surface area contributed by atoms with Crippen LogP contribution >= 0.6 is 15.9 Å². The number of anilines is 2. The van der Waals surface area contributed by atoms with E-state index in [9.17, 15) is 4.79 Å². The van der Waals surface area contributed by atoms with Gasteiger partial charge in [0.05, 0.1) is 11.4 Å². The maximum atomic E-state index is 10.9. The van der Waals surface area contributed by atoms with E-state index in [1.165, 1.54) is 18.4 Å². The van der Waals surface area contributed by atoms with E-state index in [1.54, 1.807) is 0 Å². The van der Waals surface area contributed by atoms with Crippen LogP contribution in [0.4, 0.5) is 11.4 Å². The predicted octanol–water partition coefficient (Wildman–Crippen LogP) is 2.68. The molecule has 0 aromatic heterocycles. The molecular formula is C11H12BrN2O. The molecule has 1 aromatic carbocycles. The van der Waals surface area contributed by atoms with Crippen molar-refractivity contribution in [2.45, 2.75) is 18.8 Å². The first kappa shape index (κ1) is 10.5. The van der Waals surface area contributed by atoms with Crippen molar-refractivity contribution in [3.05, 3.63) is 29.1 Å². The Hall–Kier alpha value is -1.03.